The van der Waals surface area contributed by atoms with Crippen molar-refractivity contribution in [2.45, 2.75) is 56.6 Å². The Morgan fingerprint density at radius 3 is 2.65 bits per heavy atom. The lowest BCUT2D eigenvalue weighted by Gasteiger charge is -2.59. The van der Waals surface area contributed by atoms with Crippen LogP contribution in [0.25, 0.3) is 5.69 Å². The van der Waals surface area contributed by atoms with Gasteiger partial charge in [-0.05, 0) is 91.2 Å². The smallest absolute Gasteiger partial charge is 0.231 e. The zero-order chi connectivity index (χ0) is 21.0. The zero-order valence-electron chi connectivity index (χ0n) is 17.6. The number of benzene rings is 1. The molecule has 4 saturated carbocycles. The Morgan fingerprint density at radius 1 is 1.19 bits per heavy atom. The van der Waals surface area contributed by atoms with Gasteiger partial charge in [-0.3, -0.25) is 4.79 Å². The molecule has 2 heterocycles. The molecule has 164 valence electrons. The minimum atomic E-state index is 0.0495. The van der Waals surface area contributed by atoms with E-state index in [1.807, 2.05) is 18.2 Å². The van der Waals surface area contributed by atoms with Crippen molar-refractivity contribution >= 4 is 17.7 Å². The van der Waals surface area contributed by atoms with Crippen molar-refractivity contribution in [3.63, 3.8) is 0 Å². The van der Waals surface area contributed by atoms with Crippen molar-refractivity contribution in [2.24, 2.45) is 23.2 Å². The molecule has 1 atom stereocenters. The second kappa shape index (κ2) is 7.39. The molecule has 9 heteroatoms. The van der Waals surface area contributed by atoms with Crippen LogP contribution in [0.4, 0.5) is 0 Å². The monoisotopic (exact) mass is 441 g/mol. The van der Waals surface area contributed by atoms with Crippen LogP contribution in [0.3, 0.4) is 0 Å². The summed E-state index contributed by atoms with van der Waals surface area (Å²) in [6.07, 6.45) is 8.11. The molecule has 4 aliphatic carbocycles. The molecule has 0 radical (unpaired) electrons. The normalized spacial score (nSPS) is 31.1. The van der Waals surface area contributed by atoms with Crippen molar-refractivity contribution in [1.82, 2.24) is 25.5 Å². The second-order valence-corrected chi connectivity index (χ2v) is 10.7. The summed E-state index contributed by atoms with van der Waals surface area (Å²) in [4.78, 5) is 12.8. The first-order chi connectivity index (χ1) is 15.1. The van der Waals surface area contributed by atoms with Gasteiger partial charge in [0.15, 0.2) is 11.5 Å². The standard InChI is InChI=1S/C22H27N5O3S/c1-13(22-8-14-4-15(9-22)6-16(5-14)10-22)23-20(28)11-31-21-24-25-26-27(21)17-2-3-18-19(7-17)30-12-29-18/h2-3,7,13-16H,4-6,8-12H2,1H3,(H,23,28)/t13-,14?,15?,16?,22?/m0/s1. The fraction of sp³-hybridized carbons (Fsp3) is 0.636. The van der Waals surface area contributed by atoms with E-state index in [-0.39, 0.29) is 18.7 Å². The molecule has 4 fully saturated rings. The number of thioether (sulfide) groups is 1. The van der Waals surface area contributed by atoms with Crippen LogP contribution in [0.2, 0.25) is 0 Å². The van der Waals surface area contributed by atoms with E-state index >= 15 is 0 Å². The molecule has 5 aliphatic rings. The number of hydrogen-bond acceptors (Lipinski definition) is 7. The molecule has 1 aromatic carbocycles. The number of ether oxygens (including phenoxy) is 2. The summed E-state index contributed by atoms with van der Waals surface area (Å²) in [7, 11) is 0. The number of amides is 1. The lowest BCUT2D eigenvalue weighted by atomic mass is 9.48. The van der Waals surface area contributed by atoms with Crippen molar-refractivity contribution in [1.29, 1.82) is 0 Å². The van der Waals surface area contributed by atoms with Gasteiger partial charge < -0.3 is 14.8 Å². The van der Waals surface area contributed by atoms with Crippen molar-refractivity contribution in [2.75, 3.05) is 12.5 Å². The van der Waals surface area contributed by atoms with Crippen molar-refractivity contribution in [3.05, 3.63) is 18.2 Å². The summed E-state index contributed by atoms with van der Waals surface area (Å²) < 4.78 is 12.4. The van der Waals surface area contributed by atoms with Crippen LogP contribution in [-0.2, 0) is 4.79 Å². The lowest BCUT2D eigenvalue weighted by Crippen LogP contribution is -2.56. The van der Waals surface area contributed by atoms with Crippen LogP contribution in [-0.4, -0.2) is 44.7 Å². The van der Waals surface area contributed by atoms with Gasteiger partial charge >= 0.3 is 0 Å². The van der Waals surface area contributed by atoms with Crippen LogP contribution >= 0.6 is 11.8 Å². The fourth-order valence-electron chi connectivity index (χ4n) is 6.72. The Labute approximate surface area is 185 Å². The first-order valence-electron chi connectivity index (χ1n) is 11.2. The quantitative estimate of drug-likeness (QED) is 0.688. The van der Waals surface area contributed by atoms with Crippen molar-refractivity contribution in [3.8, 4) is 17.2 Å². The van der Waals surface area contributed by atoms with Gasteiger partial charge in [-0.15, -0.1) is 5.10 Å². The summed E-state index contributed by atoms with van der Waals surface area (Å²) in [6, 6.07) is 5.79. The average molecular weight is 442 g/mol. The Morgan fingerprint density at radius 2 is 1.90 bits per heavy atom. The summed E-state index contributed by atoms with van der Waals surface area (Å²) in [5.41, 5.74) is 1.09. The first kappa shape index (κ1) is 19.4. The Bertz CT molecular complexity index is 973. The fourth-order valence-corrected chi connectivity index (χ4v) is 7.42. The Hall–Kier alpha value is -2.29. The highest BCUT2D eigenvalue weighted by Crippen LogP contribution is 2.61. The summed E-state index contributed by atoms with van der Waals surface area (Å²) in [5, 5.41) is 15.9. The van der Waals surface area contributed by atoms with Crippen LogP contribution in [0, 0.1) is 23.2 Å². The van der Waals surface area contributed by atoms with Gasteiger partial charge in [0.1, 0.15) is 0 Å². The predicted molar refractivity (Wildman–Crippen MR) is 114 cm³/mol. The van der Waals surface area contributed by atoms with Gasteiger partial charge in [-0.2, -0.15) is 4.68 Å². The molecular formula is C22H27N5O3S. The molecule has 4 bridgehead atoms. The molecule has 8 nitrogen and oxygen atoms in total. The van der Waals surface area contributed by atoms with E-state index in [0.29, 0.717) is 27.8 Å². The number of nitrogens with zero attached hydrogens (tertiary/aromatic N) is 4. The number of nitrogens with one attached hydrogen (secondary N) is 1. The van der Waals surface area contributed by atoms with Gasteiger partial charge in [-0.1, -0.05) is 11.8 Å². The molecule has 1 amide bonds. The van der Waals surface area contributed by atoms with Gasteiger partial charge in [0.05, 0.1) is 11.4 Å². The maximum Gasteiger partial charge on any atom is 0.231 e. The Kier molecular flexibility index (Phi) is 4.63. The SMILES string of the molecule is C[C@H](NC(=O)CSc1nnnn1-c1ccc2c(c1)OCO2)C12CC3CC(CC(C3)C1)C2. The van der Waals surface area contributed by atoms with E-state index in [9.17, 15) is 4.79 Å². The number of carbonyl (C=O) groups excluding carboxylic acids is 1. The lowest BCUT2D eigenvalue weighted by molar-refractivity contribution is -0.123. The minimum Gasteiger partial charge on any atom is -0.454 e. The van der Waals surface area contributed by atoms with E-state index < -0.39 is 0 Å². The second-order valence-electron chi connectivity index (χ2n) is 9.77. The molecule has 1 aliphatic heterocycles. The molecule has 0 unspecified atom stereocenters. The van der Waals surface area contributed by atoms with E-state index in [4.69, 9.17) is 9.47 Å². The van der Waals surface area contributed by atoms with E-state index in [0.717, 1.165) is 23.4 Å². The van der Waals surface area contributed by atoms with Crippen LogP contribution in [0.1, 0.15) is 45.4 Å². The molecule has 0 saturated heterocycles. The third kappa shape index (κ3) is 3.46. The summed E-state index contributed by atoms with van der Waals surface area (Å²) in [6.45, 7) is 2.43. The number of rotatable bonds is 6. The maximum absolute atomic E-state index is 12.8. The zero-order valence-corrected chi connectivity index (χ0v) is 18.4. The number of fused-ring (bicyclic) bond motifs is 1. The summed E-state index contributed by atoms with van der Waals surface area (Å²) in [5.74, 6) is 4.37. The van der Waals surface area contributed by atoms with Crippen LogP contribution in [0.5, 0.6) is 11.5 Å². The average Bonchev–Trinajstić information content (AvgIpc) is 3.40. The van der Waals surface area contributed by atoms with Crippen molar-refractivity contribution < 1.29 is 14.3 Å². The minimum absolute atomic E-state index is 0.0495. The molecule has 7 rings (SSSR count). The topological polar surface area (TPSA) is 91.2 Å². The molecule has 31 heavy (non-hydrogen) atoms. The number of carbonyl (C=O) groups is 1. The van der Waals surface area contributed by atoms with Gasteiger partial charge in [-0.25, -0.2) is 0 Å². The van der Waals surface area contributed by atoms with Gasteiger partial charge in [0.2, 0.25) is 17.9 Å². The Balaban J connectivity index is 1.10. The molecule has 0 spiro atoms. The van der Waals surface area contributed by atoms with Crippen LogP contribution in [0.15, 0.2) is 23.4 Å². The predicted octanol–water partition coefficient (Wildman–Crippen LogP) is 3.20. The highest BCUT2D eigenvalue weighted by atomic mass is 32.2. The largest absolute Gasteiger partial charge is 0.454 e. The molecule has 1 aromatic heterocycles. The first-order valence-corrected chi connectivity index (χ1v) is 12.2. The van der Waals surface area contributed by atoms with Crippen LogP contribution < -0.4 is 14.8 Å². The van der Waals surface area contributed by atoms with Gasteiger partial charge in [0, 0.05) is 12.1 Å². The summed E-state index contributed by atoms with van der Waals surface area (Å²) >= 11 is 1.35. The molecule has 2 aromatic rings. The highest BCUT2D eigenvalue weighted by Gasteiger charge is 2.53. The number of aromatic nitrogens is 4. The van der Waals surface area contributed by atoms with E-state index in [1.54, 1.807) is 4.68 Å². The van der Waals surface area contributed by atoms with E-state index in [1.165, 1.54) is 50.3 Å². The molecular weight excluding hydrogens is 414 g/mol. The van der Waals surface area contributed by atoms with Gasteiger partial charge in [0.25, 0.3) is 0 Å². The number of tetrazole rings is 1. The van der Waals surface area contributed by atoms with E-state index in [2.05, 4.69) is 27.8 Å². The molecule has 1 N–H and O–H groups in total. The highest BCUT2D eigenvalue weighted by molar-refractivity contribution is 7.99. The maximum atomic E-state index is 12.8. The number of hydrogen-bond donors (Lipinski definition) is 1. The third-order valence-electron chi connectivity index (χ3n) is 7.76. The third-order valence-corrected chi connectivity index (χ3v) is 8.67.